The van der Waals surface area contributed by atoms with Crippen LogP contribution >= 0.6 is 11.8 Å². The molecule has 1 saturated heterocycles. The van der Waals surface area contributed by atoms with Crippen molar-refractivity contribution in [3.8, 4) is 0 Å². The molecule has 1 unspecified atom stereocenters. The first-order valence-corrected chi connectivity index (χ1v) is 10.5. The molecule has 0 aromatic heterocycles. The lowest BCUT2D eigenvalue weighted by molar-refractivity contribution is -0.138. The summed E-state index contributed by atoms with van der Waals surface area (Å²) in [5, 5.41) is 2.71. The van der Waals surface area contributed by atoms with Crippen molar-refractivity contribution in [3.63, 3.8) is 0 Å². The zero-order valence-corrected chi connectivity index (χ0v) is 16.2. The normalized spacial score (nSPS) is 24.1. The molecule has 1 aliphatic carbocycles. The van der Waals surface area contributed by atoms with Crippen LogP contribution in [0.25, 0.3) is 0 Å². The lowest BCUT2D eigenvalue weighted by atomic mass is 9.81. The predicted octanol–water partition coefficient (Wildman–Crippen LogP) is 2.85. The number of hydrogen-bond donors (Lipinski definition) is 2. The van der Waals surface area contributed by atoms with E-state index in [9.17, 15) is 22.8 Å². The van der Waals surface area contributed by atoms with Gasteiger partial charge in [-0.05, 0) is 43.7 Å². The predicted molar refractivity (Wildman–Crippen MR) is 102 cm³/mol. The summed E-state index contributed by atoms with van der Waals surface area (Å²) < 4.78 is 39.3. The highest BCUT2D eigenvalue weighted by atomic mass is 32.2. The summed E-state index contributed by atoms with van der Waals surface area (Å²) in [5.74, 6) is 0.892. The maximum absolute atomic E-state index is 13.1. The molecule has 0 radical (unpaired) electrons. The van der Waals surface area contributed by atoms with E-state index >= 15 is 0 Å². The first-order valence-electron chi connectivity index (χ1n) is 9.36. The van der Waals surface area contributed by atoms with E-state index in [1.165, 1.54) is 18.2 Å². The van der Waals surface area contributed by atoms with Gasteiger partial charge in [-0.2, -0.15) is 13.2 Å². The number of carbonyl (C=O) groups is 2. The van der Waals surface area contributed by atoms with Crippen LogP contribution in [-0.2, 0) is 11.0 Å². The van der Waals surface area contributed by atoms with Crippen molar-refractivity contribution < 1.29 is 22.8 Å². The average Bonchev–Trinajstić information content (AvgIpc) is 3.21. The highest BCUT2D eigenvalue weighted by molar-refractivity contribution is 7.99. The summed E-state index contributed by atoms with van der Waals surface area (Å²) in [7, 11) is 0. The summed E-state index contributed by atoms with van der Waals surface area (Å²) in [6.45, 7) is 0.723. The Morgan fingerprint density at radius 2 is 1.86 bits per heavy atom. The van der Waals surface area contributed by atoms with Gasteiger partial charge in [0.25, 0.3) is 5.91 Å². The lowest BCUT2D eigenvalue weighted by Crippen LogP contribution is -2.49. The highest BCUT2D eigenvalue weighted by Gasteiger charge is 2.36. The second-order valence-corrected chi connectivity index (χ2v) is 8.37. The molecule has 28 heavy (non-hydrogen) atoms. The van der Waals surface area contributed by atoms with Gasteiger partial charge < -0.3 is 16.0 Å². The summed E-state index contributed by atoms with van der Waals surface area (Å²) in [6.07, 6.45) is -2.05. The van der Waals surface area contributed by atoms with Gasteiger partial charge >= 0.3 is 6.18 Å². The second kappa shape index (κ2) is 8.73. The van der Waals surface area contributed by atoms with E-state index in [4.69, 9.17) is 5.73 Å². The number of amides is 2. The van der Waals surface area contributed by atoms with E-state index in [0.717, 1.165) is 18.4 Å². The fourth-order valence-corrected chi connectivity index (χ4v) is 4.77. The Morgan fingerprint density at radius 1 is 1.18 bits per heavy atom. The molecule has 1 aromatic carbocycles. The number of alkyl halides is 3. The molecule has 3 N–H and O–H groups in total. The molecule has 2 aliphatic rings. The maximum atomic E-state index is 13.1. The van der Waals surface area contributed by atoms with Crippen LogP contribution in [-0.4, -0.2) is 47.0 Å². The number of nitrogens with zero attached hydrogens (tertiary/aromatic N) is 1. The molecule has 9 heteroatoms. The first-order chi connectivity index (χ1) is 13.3. The molecule has 154 valence electrons. The number of carbonyl (C=O) groups excluding carboxylic acids is 2. The zero-order valence-electron chi connectivity index (χ0n) is 15.4. The van der Waals surface area contributed by atoms with Gasteiger partial charge in [0.05, 0.1) is 23.0 Å². The number of hydrogen-bond acceptors (Lipinski definition) is 4. The monoisotopic (exact) mass is 415 g/mol. The Kier molecular flexibility index (Phi) is 6.54. The quantitative estimate of drug-likeness (QED) is 0.793. The fraction of sp³-hybridized carbons (Fsp3) is 0.579. The van der Waals surface area contributed by atoms with Crippen LogP contribution in [0.2, 0.25) is 0 Å². The van der Waals surface area contributed by atoms with Crippen molar-refractivity contribution in [1.29, 1.82) is 0 Å². The van der Waals surface area contributed by atoms with Gasteiger partial charge in [-0.3, -0.25) is 9.59 Å². The molecule has 1 atom stereocenters. The maximum Gasteiger partial charge on any atom is 0.417 e. The largest absolute Gasteiger partial charge is 0.417 e. The summed E-state index contributed by atoms with van der Waals surface area (Å²) in [5.41, 5.74) is 4.87. The fourth-order valence-electron chi connectivity index (χ4n) is 3.81. The third-order valence-corrected chi connectivity index (χ3v) is 6.41. The van der Waals surface area contributed by atoms with Crippen LogP contribution < -0.4 is 11.1 Å². The zero-order chi connectivity index (χ0) is 20.3. The summed E-state index contributed by atoms with van der Waals surface area (Å²) in [6, 6.07) is 4.01. The highest BCUT2D eigenvalue weighted by Crippen LogP contribution is 2.32. The molecule has 1 aliphatic heterocycles. The molecule has 0 spiro atoms. The molecule has 1 saturated carbocycles. The van der Waals surface area contributed by atoms with Crippen molar-refractivity contribution in [2.24, 2.45) is 11.7 Å². The molecule has 2 fully saturated rings. The van der Waals surface area contributed by atoms with E-state index in [1.54, 1.807) is 16.7 Å². The lowest BCUT2D eigenvalue weighted by Gasteiger charge is -2.33. The van der Waals surface area contributed by atoms with Crippen molar-refractivity contribution in [3.05, 3.63) is 35.4 Å². The van der Waals surface area contributed by atoms with Crippen LogP contribution in [0.3, 0.4) is 0 Å². The topological polar surface area (TPSA) is 75.4 Å². The average molecular weight is 415 g/mol. The van der Waals surface area contributed by atoms with Gasteiger partial charge in [0, 0.05) is 18.3 Å². The molecule has 0 bridgehead atoms. The Labute approximate surface area is 166 Å². The summed E-state index contributed by atoms with van der Waals surface area (Å²) >= 11 is 1.70. The van der Waals surface area contributed by atoms with Gasteiger partial charge in [-0.25, -0.2) is 0 Å². The summed E-state index contributed by atoms with van der Waals surface area (Å²) in [4.78, 5) is 26.6. The van der Waals surface area contributed by atoms with Crippen LogP contribution in [0.1, 0.15) is 41.6 Å². The SMILES string of the molecule is NC(C(=O)N1CCSC1)C1CCC(NC(=O)c2ccccc2C(F)(F)F)CC1. The van der Waals surface area contributed by atoms with E-state index in [2.05, 4.69) is 5.32 Å². The number of halogens is 3. The van der Waals surface area contributed by atoms with E-state index in [-0.39, 0.29) is 23.4 Å². The number of rotatable bonds is 4. The molecule has 1 aromatic rings. The second-order valence-electron chi connectivity index (χ2n) is 7.29. The molecule has 1 heterocycles. The minimum absolute atomic E-state index is 0.0309. The third kappa shape index (κ3) is 4.81. The molecular weight excluding hydrogens is 391 g/mol. The molecule has 2 amide bonds. The Bertz CT molecular complexity index is 715. The van der Waals surface area contributed by atoms with Crippen molar-refractivity contribution in [2.45, 2.75) is 43.9 Å². The smallest absolute Gasteiger partial charge is 0.349 e. The third-order valence-electron chi connectivity index (χ3n) is 5.44. The van der Waals surface area contributed by atoms with Crippen LogP contribution in [0.15, 0.2) is 24.3 Å². The van der Waals surface area contributed by atoms with Crippen molar-refractivity contribution >= 4 is 23.6 Å². The number of nitrogens with one attached hydrogen (secondary N) is 1. The molecular formula is C19H24F3N3O2S. The minimum atomic E-state index is -4.58. The van der Waals surface area contributed by atoms with Crippen molar-refractivity contribution in [2.75, 3.05) is 18.2 Å². The minimum Gasteiger partial charge on any atom is -0.349 e. The van der Waals surface area contributed by atoms with Crippen LogP contribution in [0.4, 0.5) is 13.2 Å². The van der Waals surface area contributed by atoms with E-state index < -0.39 is 23.7 Å². The van der Waals surface area contributed by atoms with Crippen LogP contribution in [0.5, 0.6) is 0 Å². The number of benzene rings is 1. The molecule has 3 rings (SSSR count). The standard InChI is InChI=1S/C19H24F3N3O2S/c20-19(21,22)15-4-2-1-3-14(15)17(26)24-13-7-5-12(6-8-13)16(23)18(27)25-9-10-28-11-25/h1-4,12-13,16H,5-11,23H2,(H,24,26). The van der Waals surface area contributed by atoms with E-state index in [0.29, 0.717) is 31.6 Å². The first kappa shape index (κ1) is 21.0. The Morgan fingerprint density at radius 3 is 2.46 bits per heavy atom. The van der Waals surface area contributed by atoms with Gasteiger partial charge in [0.2, 0.25) is 5.91 Å². The van der Waals surface area contributed by atoms with Crippen molar-refractivity contribution in [1.82, 2.24) is 10.2 Å². The number of thioether (sulfide) groups is 1. The van der Waals surface area contributed by atoms with Gasteiger partial charge in [0.1, 0.15) is 0 Å². The Hall–Kier alpha value is -1.74. The van der Waals surface area contributed by atoms with Gasteiger partial charge in [0.15, 0.2) is 0 Å². The van der Waals surface area contributed by atoms with Crippen LogP contribution in [0, 0.1) is 5.92 Å². The Balaban J connectivity index is 1.55. The van der Waals surface area contributed by atoms with Gasteiger partial charge in [-0.15, -0.1) is 11.8 Å². The number of nitrogens with two attached hydrogens (primary N) is 1. The molecule has 5 nitrogen and oxygen atoms in total. The van der Waals surface area contributed by atoms with E-state index in [1.807, 2.05) is 0 Å². The van der Waals surface area contributed by atoms with Gasteiger partial charge in [-0.1, -0.05) is 12.1 Å².